The molecule has 8 atom stereocenters. The lowest BCUT2D eigenvalue weighted by Crippen LogP contribution is -2.61. The summed E-state index contributed by atoms with van der Waals surface area (Å²) in [6.07, 6.45) is 39.4. The molecule has 0 radical (unpaired) electrons. The number of aliphatic hydroxyl groups is 5. The van der Waals surface area contributed by atoms with Gasteiger partial charge in [-0.15, -0.1) is 0 Å². The highest BCUT2D eigenvalue weighted by molar-refractivity contribution is 7.80. The summed E-state index contributed by atoms with van der Waals surface area (Å²) in [6.45, 7) is 3.22. The minimum Gasteiger partial charge on any atom is -0.394 e. The molecule has 1 aliphatic heterocycles. The number of hydrogen-bond donors (Lipinski definition) is 7. The molecule has 14 heteroatoms. The maximum absolute atomic E-state index is 13.2. The van der Waals surface area contributed by atoms with E-state index in [1.165, 1.54) is 154 Å². The van der Waals surface area contributed by atoms with E-state index in [-0.39, 0.29) is 6.42 Å². The monoisotopic (exact) mass is 960 g/mol. The van der Waals surface area contributed by atoms with Crippen molar-refractivity contribution in [3.8, 4) is 0 Å². The van der Waals surface area contributed by atoms with Crippen LogP contribution in [-0.2, 0) is 28.9 Å². The first kappa shape index (κ1) is 62.3. The Balaban J connectivity index is 2.54. The number of allylic oxidation sites excluding steroid dienone is 5. The van der Waals surface area contributed by atoms with Crippen molar-refractivity contribution in [2.75, 3.05) is 13.2 Å². The highest BCUT2D eigenvalue weighted by atomic mass is 32.3. The number of hydrogen-bond acceptors (Lipinski definition) is 11. The molecule has 8 unspecified atom stereocenters. The fourth-order valence-corrected chi connectivity index (χ4v) is 8.83. The van der Waals surface area contributed by atoms with Crippen molar-refractivity contribution < 1.29 is 57.0 Å². The number of ether oxygens (including phenoxy) is 2. The smallest absolute Gasteiger partial charge is 0.394 e. The van der Waals surface area contributed by atoms with E-state index in [1.54, 1.807) is 6.08 Å². The van der Waals surface area contributed by atoms with Crippen LogP contribution in [-0.4, -0.2) is 107 Å². The molecule has 388 valence electrons. The van der Waals surface area contributed by atoms with Gasteiger partial charge in [-0.2, -0.15) is 8.42 Å². The third-order valence-corrected chi connectivity index (χ3v) is 13.0. The summed E-state index contributed by atoms with van der Waals surface area (Å²) < 4.78 is 47.6. The zero-order chi connectivity index (χ0) is 48.5. The summed E-state index contributed by atoms with van der Waals surface area (Å²) in [5.74, 6) is -0.714. The van der Waals surface area contributed by atoms with Crippen molar-refractivity contribution in [2.24, 2.45) is 0 Å². The quantitative estimate of drug-likeness (QED) is 0.0173. The largest absolute Gasteiger partial charge is 0.397 e. The summed E-state index contributed by atoms with van der Waals surface area (Å²) in [7, 11) is -5.13. The van der Waals surface area contributed by atoms with Gasteiger partial charge in [0.1, 0.15) is 30.5 Å². The van der Waals surface area contributed by atoms with Crippen LogP contribution in [0.1, 0.15) is 226 Å². The summed E-state index contributed by atoms with van der Waals surface area (Å²) in [5.41, 5.74) is 0. The van der Waals surface area contributed by atoms with E-state index < -0.39 is 78.5 Å². The molecule has 1 aliphatic rings. The lowest BCUT2D eigenvalue weighted by atomic mass is 9.99. The highest BCUT2D eigenvalue weighted by Gasteiger charge is 2.48. The van der Waals surface area contributed by atoms with Crippen LogP contribution in [0.2, 0.25) is 0 Å². The van der Waals surface area contributed by atoms with Crippen LogP contribution in [0.3, 0.4) is 0 Å². The van der Waals surface area contributed by atoms with Crippen LogP contribution in [0.4, 0.5) is 0 Å². The van der Waals surface area contributed by atoms with Crippen LogP contribution in [0, 0.1) is 0 Å². The molecule has 0 spiro atoms. The van der Waals surface area contributed by atoms with Gasteiger partial charge in [-0.25, -0.2) is 4.18 Å². The molecule has 1 saturated heterocycles. The molecule has 66 heavy (non-hydrogen) atoms. The Morgan fingerprint density at radius 1 is 0.606 bits per heavy atom. The molecule has 1 heterocycles. The van der Waals surface area contributed by atoms with Crippen LogP contribution < -0.4 is 5.32 Å². The van der Waals surface area contributed by atoms with Crippen molar-refractivity contribution in [3.05, 3.63) is 36.5 Å². The molecule has 0 aromatic rings. The Kier molecular flexibility index (Phi) is 39.8. The molecule has 1 fully saturated rings. The molecule has 13 nitrogen and oxygen atoms in total. The fraction of sp³-hybridized carbons (Fsp3) is 0.865. The summed E-state index contributed by atoms with van der Waals surface area (Å²) in [6, 6.07) is -1.14. The predicted octanol–water partition coefficient (Wildman–Crippen LogP) is 10.4. The van der Waals surface area contributed by atoms with E-state index in [2.05, 4.69) is 47.7 Å². The molecular formula is C52H97NO12S. The average molecular weight is 960 g/mol. The van der Waals surface area contributed by atoms with Crippen LogP contribution in [0.15, 0.2) is 36.5 Å². The van der Waals surface area contributed by atoms with Crippen LogP contribution in [0.5, 0.6) is 0 Å². The molecule has 0 aliphatic carbocycles. The second kappa shape index (κ2) is 42.2. The molecule has 0 saturated carbocycles. The van der Waals surface area contributed by atoms with Gasteiger partial charge in [-0.3, -0.25) is 9.35 Å². The summed E-state index contributed by atoms with van der Waals surface area (Å²) in [5, 5.41) is 55.4. The number of aliphatic hydroxyl groups excluding tert-OH is 5. The summed E-state index contributed by atoms with van der Waals surface area (Å²) >= 11 is 0. The van der Waals surface area contributed by atoms with Crippen molar-refractivity contribution in [1.82, 2.24) is 5.32 Å². The van der Waals surface area contributed by atoms with Gasteiger partial charge in [0.15, 0.2) is 6.29 Å². The van der Waals surface area contributed by atoms with E-state index in [4.69, 9.17) is 9.47 Å². The first-order valence-corrected chi connectivity index (χ1v) is 27.8. The van der Waals surface area contributed by atoms with E-state index in [1.807, 2.05) is 0 Å². The number of amides is 1. The molecule has 0 aromatic heterocycles. The van der Waals surface area contributed by atoms with Crippen molar-refractivity contribution >= 4 is 16.3 Å². The van der Waals surface area contributed by atoms with Gasteiger partial charge < -0.3 is 40.3 Å². The Labute approximate surface area is 401 Å². The zero-order valence-corrected chi connectivity index (χ0v) is 42.2. The first-order valence-electron chi connectivity index (χ1n) is 26.5. The predicted molar refractivity (Wildman–Crippen MR) is 265 cm³/mol. The van der Waals surface area contributed by atoms with Crippen LogP contribution >= 0.6 is 0 Å². The van der Waals surface area contributed by atoms with Crippen molar-refractivity contribution in [1.29, 1.82) is 0 Å². The van der Waals surface area contributed by atoms with E-state index in [0.29, 0.717) is 12.8 Å². The minimum atomic E-state index is -5.13. The number of nitrogens with one attached hydrogen (secondary N) is 1. The maximum Gasteiger partial charge on any atom is 0.397 e. The third-order valence-electron chi connectivity index (χ3n) is 12.5. The van der Waals surface area contributed by atoms with Gasteiger partial charge in [0, 0.05) is 0 Å². The second-order valence-corrected chi connectivity index (χ2v) is 19.6. The normalized spacial score (nSPS) is 20.8. The van der Waals surface area contributed by atoms with Crippen LogP contribution in [0.25, 0.3) is 0 Å². The van der Waals surface area contributed by atoms with Gasteiger partial charge in [0.05, 0.1) is 25.4 Å². The average Bonchev–Trinajstić information content (AvgIpc) is 3.29. The number of unbranched alkanes of at least 4 members (excludes halogenated alkanes) is 28. The Hall–Kier alpha value is -1.72. The Morgan fingerprint density at radius 3 is 1.45 bits per heavy atom. The molecular weight excluding hydrogens is 863 g/mol. The number of carbonyl (C=O) groups excluding carboxylic acids is 1. The first-order chi connectivity index (χ1) is 31.9. The van der Waals surface area contributed by atoms with Crippen molar-refractivity contribution in [3.63, 3.8) is 0 Å². The lowest BCUT2D eigenvalue weighted by molar-refractivity contribution is -0.298. The van der Waals surface area contributed by atoms with Crippen molar-refractivity contribution in [2.45, 2.75) is 275 Å². The van der Waals surface area contributed by atoms with Gasteiger partial charge >= 0.3 is 10.4 Å². The zero-order valence-electron chi connectivity index (χ0n) is 41.4. The lowest BCUT2D eigenvalue weighted by Gasteiger charge is -2.41. The van der Waals surface area contributed by atoms with Gasteiger partial charge in [0.2, 0.25) is 5.91 Å². The second-order valence-electron chi connectivity index (χ2n) is 18.6. The Morgan fingerprint density at radius 2 is 1.02 bits per heavy atom. The minimum absolute atomic E-state index is 0.237. The Bertz CT molecular complexity index is 1330. The molecule has 0 aromatic carbocycles. The number of rotatable bonds is 45. The van der Waals surface area contributed by atoms with E-state index in [9.17, 15) is 43.3 Å². The molecule has 1 rings (SSSR count). The fourth-order valence-electron chi connectivity index (χ4n) is 8.32. The summed E-state index contributed by atoms with van der Waals surface area (Å²) in [4.78, 5) is 13.2. The third kappa shape index (κ3) is 33.7. The van der Waals surface area contributed by atoms with Gasteiger partial charge in [-0.05, 0) is 44.9 Å². The molecule has 7 N–H and O–H groups in total. The van der Waals surface area contributed by atoms with E-state index >= 15 is 0 Å². The molecule has 1 amide bonds. The highest BCUT2D eigenvalue weighted by Crippen LogP contribution is 2.26. The van der Waals surface area contributed by atoms with Gasteiger partial charge in [0.25, 0.3) is 0 Å². The topological polar surface area (TPSA) is 212 Å². The molecule has 0 bridgehead atoms. The van der Waals surface area contributed by atoms with Gasteiger partial charge in [-0.1, -0.05) is 217 Å². The number of carbonyl (C=O) groups is 1. The standard InChI is InChI=1S/C52H97NO12S/c1-3-5-7-9-11-13-15-17-19-21-22-23-24-25-27-28-30-32-34-36-38-40-45(55)44(43-63-52-49(58)50(65-66(60,61)62)48(57)47(42-54)64-52)53-51(59)46(56)41-39-37-35-33-31-29-26-20-18-16-14-12-10-8-6-4-2/h24-25,30,32,38,40,44-50,52,54-58H,3-23,26-29,31,33-37,39,41-43H2,1-2H3,(H,53,59)(H,60,61,62)/b25-24+,32-30+,40-38+. The SMILES string of the molecule is CCCCCCCCCCCCC/C=C/CC/C=C/CC/C=C/C(O)C(COC1OC(CO)C(O)C(OS(=O)(=O)O)C1O)NC(=O)C(O)CCCCCCCCCCCCCCCCCC. The maximum atomic E-state index is 13.2. The van der Waals surface area contributed by atoms with E-state index in [0.717, 1.165) is 44.9 Å².